The van der Waals surface area contributed by atoms with Crippen LogP contribution in [0, 0.1) is 6.92 Å². The molecule has 1 unspecified atom stereocenters. The highest BCUT2D eigenvalue weighted by Gasteiger charge is 2.19. The number of hydrogen-bond donors (Lipinski definition) is 1. The van der Waals surface area contributed by atoms with Crippen molar-refractivity contribution in [2.24, 2.45) is 0 Å². The van der Waals surface area contributed by atoms with Crippen molar-refractivity contribution in [2.45, 2.75) is 32.9 Å². The Morgan fingerprint density at radius 3 is 3.05 bits per heavy atom. The zero-order valence-electron chi connectivity index (χ0n) is 12.4. The maximum absolute atomic E-state index is 5.82. The number of rotatable bonds is 5. The molecule has 3 nitrogen and oxygen atoms in total. The topological polar surface area (TPSA) is 24.5 Å². The molecule has 2 rings (SSSR count). The molecule has 19 heavy (non-hydrogen) atoms. The van der Waals surface area contributed by atoms with E-state index in [4.69, 9.17) is 4.74 Å². The molecule has 0 aliphatic carbocycles. The third-order valence-electron chi connectivity index (χ3n) is 3.86. The normalized spacial score (nSPS) is 22.4. The summed E-state index contributed by atoms with van der Waals surface area (Å²) < 4.78 is 5.82. The van der Waals surface area contributed by atoms with E-state index < -0.39 is 0 Å². The van der Waals surface area contributed by atoms with Crippen molar-refractivity contribution in [3.8, 4) is 0 Å². The first kappa shape index (κ1) is 14.5. The second-order valence-corrected chi connectivity index (χ2v) is 5.43. The van der Waals surface area contributed by atoms with Crippen LogP contribution in [-0.4, -0.2) is 43.8 Å². The Morgan fingerprint density at radius 1 is 1.47 bits per heavy atom. The van der Waals surface area contributed by atoms with Crippen LogP contribution in [0.2, 0.25) is 0 Å². The molecule has 1 aromatic carbocycles. The van der Waals surface area contributed by atoms with Crippen LogP contribution < -0.4 is 5.32 Å². The van der Waals surface area contributed by atoms with Gasteiger partial charge >= 0.3 is 0 Å². The van der Waals surface area contributed by atoms with Gasteiger partial charge in [0.15, 0.2) is 0 Å². The fourth-order valence-electron chi connectivity index (χ4n) is 2.56. The molecule has 1 aromatic rings. The minimum absolute atomic E-state index is 0.320. The van der Waals surface area contributed by atoms with E-state index in [1.165, 1.54) is 11.1 Å². The number of nitrogens with zero attached hydrogens (tertiary/aromatic N) is 1. The predicted octanol–water partition coefficient (Wildman–Crippen LogP) is 2.37. The Bertz CT molecular complexity index is 394. The van der Waals surface area contributed by atoms with Crippen molar-refractivity contribution in [3.05, 3.63) is 35.4 Å². The lowest BCUT2D eigenvalue weighted by Gasteiger charge is -2.32. The summed E-state index contributed by atoms with van der Waals surface area (Å²) >= 11 is 0. The highest BCUT2D eigenvalue weighted by Crippen LogP contribution is 2.14. The van der Waals surface area contributed by atoms with Gasteiger partial charge in [-0.2, -0.15) is 0 Å². The van der Waals surface area contributed by atoms with E-state index in [2.05, 4.69) is 55.3 Å². The minimum Gasteiger partial charge on any atom is -0.374 e. The lowest BCUT2D eigenvalue weighted by atomic mass is 10.1. The Labute approximate surface area is 116 Å². The summed E-state index contributed by atoms with van der Waals surface area (Å²) in [6.07, 6.45) is 0.320. The molecule has 0 bridgehead atoms. The summed E-state index contributed by atoms with van der Waals surface area (Å²) in [5, 5.41) is 3.59. The van der Waals surface area contributed by atoms with Gasteiger partial charge in [-0.1, -0.05) is 36.8 Å². The molecule has 1 saturated heterocycles. The van der Waals surface area contributed by atoms with Crippen LogP contribution in [-0.2, 0) is 4.74 Å². The summed E-state index contributed by atoms with van der Waals surface area (Å²) in [5.74, 6) is 0. The monoisotopic (exact) mass is 262 g/mol. The third kappa shape index (κ3) is 4.30. The van der Waals surface area contributed by atoms with Crippen LogP contribution in [0.25, 0.3) is 0 Å². The van der Waals surface area contributed by atoms with Crippen LogP contribution in [0.5, 0.6) is 0 Å². The lowest BCUT2D eigenvalue weighted by molar-refractivity contribution is -0.0262. The number of hydrogen-bond acceptors (Lipinski definition) is 3. The quantitative estimate of drug-likeness (QED) is 0.881. The first-order valence-electron chi connectivity index (χ1n) is 7.33. The predicted molar refractivity (Wildman–Crippen MR) is 79.5 cm³/mol. The van der Waals surface area contributed by atoms with Gasteiger partial charge in [-0.25, -0.2) is 0 Å². The maximum Gasteiger partial charge on any atom is 0.0826 e. The molecule has 1 aliphatic heterocycles. The van der Waals surface area contributed by atoms with E-state index in [-0.39, 0.29) is 0 Å². The number of nitrogens with one attached hydrogen (secondary N) is 1. The molecule has 0 saturated carbocycles. The molecule has 0 aromatic heterocycles. The Balaban J connectivity index is 1.81. The zero-order valence-corrected chi connectivity index (χ0v) is 12.4. The summed E-state index contributed by atoms with van der Waals surface area (Å²) in [7, 11) is 0. The molecule has 0 radical (unpaired) electrons. The first-order chi connectivity index (χ1) is 9.19. The second kappa shape index (κ2) is 7.04. The smallest absolute Gasteiger partial charge is 0.0826 e. The highest BCUT2D eigenvalue weighted by atomic mass is 16.5. The van der Waals surface area contributed by atoms with Crippen LogP contribution in [0.1, 0.15) is 31.0 Å². The Kier molecular flexibility index (Phi) is 5.37. The highest BCUT2D eigenvalue weighted by molar-refractivity contribution is 5.24. The standard InChI is InChI=1S/C16H26N2O/c1-4-18-8-9-19-16(12-18)11-17-14(3)15-7-5-6-13(2)10-15/h5-7,10,14,16-17H,4,8-9,11-12H2,1-3H3/t14-,16?/m1/s1. The third-order valence-corrected chi connectivity index (χ3v) is 3.86. The Hall–Kier alpha value is -0.900. The van der Waals surface area contributed by atoms with Crippen LogP contribution >= 0.6 is 0 Å². The second-order valence-electron chi connectivity index (χ2n) is 5.43. The summed E-state index contributed by atoms with van der Waals surface area (Å²) in [5.41, 5.74) is 2.67. The number of benzene rings is 1. The minimum atomic E-state index is 0.320. The number of ether oxygens (including phenoxy) is 1. The molecule has 3 heteroatoms. The fraction of sp³-hybridized carbons (Fsp3) is 0.625. The van der Waals surface area contributed by atoms with Crippen molar-refractivity contribution >= 4 is 0 Å². The van der Waals surface area contributed by atoms with E-state index in [0.29, 0.717) is 12.1 Å². The summed E-state index contributed by atoms with van der Waals surface area (Å²) in [6.45, 7) is 11.6. The van der Waals surface area contributed by atoms with Crippen molar-refractivity contribution in [1.82, 2.24) is 10.2 Å². The molecule has 0 amide bonds. The first-order valence-corrected chi connectivity index (χ1v) is 7.33. The average molecular weight is 262 g/mol. The van der Waals surface area contributed by atoms with E-state index in [0.717, 1.165) is 32.8 Å². The van der Waals surface area contributed by atoms with Crippen LogP contribution in [0.4, 0.5) is 0 Å². The molecule has 1 N–H and O–H groups in total. The van der Waals surface area contributed by atoms with Crippen molar-refractivity contribution in [3.63, 3.8) is 0 Å². The van der Waals surface area contributed by atoms with Crippen molar-refractivity contribution < 1.29 is 4.74 Å². The molecular weight excluding hydrogens is 236 g/mol. The van der Waals surface area contributed by atoms with Crippen LogP contribution in [0.3, 0.4) is 0 Å². The maximum atomic E-state index is 5.82. The SMILES string of the molecule is CCN1CCOC(CN[C@H](C)c2cccc(C)c2)C1. The van der Waals surface area contributed by atoms with Gasteiger partial charge in [0.1, 0.15) is 0 Å². The molecule has 106 valence electrons. The number of morpholine rings is 1. The van der Waals surface area contributed by atoms with Crippen LogP contribution in [0.15, 0.2) is 24.3 Å². The molecule has 0 spiro atoms. The Morgan fingerprint density at radius 2 is 2.32 bits per heavy atom. The van der Waals surface area contributed by atoms with Gasteiger partial charge < -0.3 is 10.1 Å². The van der Waals surface area contributed by atoms with E-state index in [1.807, 2.05) is 0 Å². The van der Waals surface area contributed by atoms with Crippen molar-refractivity contribution in [1.29, 1.82) is 0 Å². The van der Waals surface area contributed by atoms with E-state index in [9.17, 15) is 0 Å². The molecule has 1 heterocycles. The van der Waals surface area contributed by atoms with Gasteiger partial charge in [0, 0.05) is 25.7 Å². The fourth-order valence-corrected chi connectivity index (χ4v) is 2.56. The van der Waals surface area contributed by atoms with Crippen molar-refractivity contribution in [2.75, 3.05) is 32.8 Å². The molecular formula is C16H26N2O. The summed E-state index contributed by atoms with van der Waals surface area (Å²) in [4.78, 5) is 2.45. The summed E-state index contributed by atoms with van der Waals surface area (Å²) in [6, 6.07) is 9.07. The van der Waals surface area contributed by atoms with E-state index >= 15 is 0 Å². The lowest BCUT2D eigenvalue weighted by Crippen LogP contribution is -2.46. The molecule has 1 aliphatic rings. The van der Waals surface area contributed by atoms with Gasteiger partial charge in [-0.15, -0.1) is 0 Å². The zero-order chi connectivity index (χ0) is 13.7. The number of likely N-dealkylation sites (N-methyl/N-ethyl adjacent to an activating group) is 1. The largest absolute Gasteiger partial charge is 0.374 e. The van der Waals surface area contributed by atoms with Gasteiger partial charge in [0.2, 0.25) is 0 Å². The molecule has 2 atom stereocenters. The van der Waals surface area contributed by atoms with Gasteiger partial charge in [0.05, 0.1) is 12.7 Å². The van der Waals surface area contributed by atoms with Gasteiger partial charge in [-0.05, 0) is 26.0 Å². The molecule has 1 fully saturated rings. The van der Waals surface area contributed by atoms with Gasteiger partial charge in [0.25, 0.3) is 0 Å². The number of aryl methyl sites for hydroxylation is 1. The average Bonchev–Trinajstić information content (AvgIpc) is 2.45. The van der Waals surface area contributed by atoms with Gasteiger partial charge in [-0.3, -0.25) is 4.90 Å². The van der Waals surface area contributed by atoms with E-state index in [1.54, 1.807) is 0 Å².